The number of allylic oxidation sites excluding steroid dienone is 1. The van der Waals surface area contributed by atoms with E-state index in [0.717, 1.165) is 0 Å². The Bertz CT molecular complexity index is 456. The third kappa shape index (κ3) is 3.58. The van der Waals surface area contributed by atoms with Gasteiger partial charge in [-0.1, -0.05) is 19.1 Å². The monoisotopic (exact) mass is 250 g/mol. The lowest BCUT2D eigenvalue weighted by Gasteiger charge is -2.14. The second-order valence-electron chi connectivity index (χ2n) is 4.08. The first kappa shape index (κ1) is 14.2. The summed E-state index contributed by atoms with van der Waals surface area (Å²) in [6.45, 7) is 1.84. The molecule has 1 atom stereocenters. The fourth-order valence-electron chi connectivity index (χ4n) is 1.61. The van der Waals surface area contributed by atoms with E-state index in [1.807, 2.05) is 6.92 Å². The average molecular weight is 250 g/mol. The zero-order valence-corrected chi connectivity index (χ0v) is 10.2. The molecule has 6 N–H and O–H groups in total. The van der Waals surface area contributed by atoms with Crippen LogP contribution in [0.2, 0.25) is 0 Å². The van der Waals surface area contributed by atoms with E-state index in [1.54, 1.807) is 12.1 Å². The van der Waals surface area contributed by atoms with Crippen molar-refractivity contribution >= 4 is 11.9 Å². The van der Waals surface area contributed by atoms with Gasteiger partial charge < -0.3 is 21.7 Å². The summed E-state index contributed by atoms with van der Waals surface area (Å²) >= 11 is 0. The molecular formula is C13H18N2O3. The molecule has 0 fully saturated rings. The van der Waals surface area contributed by atoms with Crippen LogP contribution in [0.4, 0.5) is 0 Å². The van der Waals surface area contributed by atoms with Gasteiger partial charge in [-0.15, -0.1) is 0 Å². The molecule has 0 aliphatic rings. The minimum absolute atomic E-state index is 0.153. The molecule has 0 saturated heterocycles. The molecule has 0 aliphatic carbocycles. The van der Waals surface area contributed by atoms with Crippen molar-refractivity contribution < 1.29 is 15.0 Å². The van der Waals surface area contributed by atoms with E-state index in [9.17, 15) is 9.90 Å². The van der Waals surface area contributed by atoms with Gasteiger partial charge in [-0.3, -0.25) is 4.79 Å². The maximum Gasteiger partial charge on any atom is 0.161 e. The highest BCUT2D eigenvalue weighted by Crippen LogP contribution is 2.25. The summed E-state index contributed by atoms with van der Waals surface area (Å²) in [6, 6.07) is 4.30. The molecule has 1 aromatic carbocycles. The molecule has 0 aromatic heterocycles. The Hall–Kier alpha value is -1.85. The number of aromatic hydroxyl groups is 2. The van der Waals surface area contributed by atoms with Crippen LogP contribution in [0.15, 0.2) is 24.3 Å². The summed E-state index contributed by atoms with van der Waals surface area (Å²) in [6.07, 6.45) is 2.82. The number of benzene rings is 1. The minimum Gasteiger partial charge on any atom is -0.504 e. The minimum atomic E-state index is -0.680. The summed E-state index contributed by atoms with van der Waals surface area (Å²) < 4.78 is 0. The molecule has 0 saturated carbocycles. The number of hydrogen-bond acceptors (Lipinski definition) is 5. The summed E-state index contributed by atoms with van der Waals surface area (Å²) in [5, 5.41) is 18.4. The van der Waals surface area contributed by atoms with E-state index in [2.05, 4.69) is 0 Å². The van der Waals surface area contributed by atoms with Crippen molar-refractivity contribution in [3.63, 3.8) is 0 Å². The van der Waals surface area contributed by atoms with E-state index < -0.39 is 12.1 Å². The fourth-order valence-corrected chi connectivity index (χ4v) is 1.61. The number of phenols is 2. The van der Waals surface area contributed by atoms with Gasteiger partial charge in [0.05, 0.1) is 6.17 Å². The molecule has 98 valence electrons. The van der Waals surface area contributed by atoms with Crippen LogP contribution in [-0.4, -0.2) is 22.2 Å². The van der Waals surface area contributed by atoms with Gasteiger partial charge in [0.25, 0.3) is 0 Å². The third-order valence-electron chi connectivity index (χ3n) is 2.71. The SMILES string of the molecule is CCC(C(=O)/C=C/c1ccc(O)c(O)c1)C(N)N. The molecule has 18 heavy (non-hydrogen) atoms. The largest absolute Gasteiger partial charge is 0.504 e. The first-order valence-electron chi connectivity index (χ1n) is 5.70. The predicted molar refractivity (Wildman–Crippen MR) is 69.8 cm³/mol. The standard InChI is InChI=1S/C13H18N2O3/c1-2-9(13(14)15)10(16)5-3-8-4-6-11(17)12(18)7-8/h3-7,9,13,17-18H,2,14-15H2,1H3/b5-3+. The lowest BCUT2D eigenvalue weighted by atomic mass is 9.97. The van der Waals surface area contributed by atoms with Crippen LogP contribution in [0.25, 0.3) is 6.08 Å². The van der Waals surface area contributed by atoms with Crippen molar-refractivity contribution in [1.29, 1.82) is 0 Å². The number of carbonyl (C=O) groups is 1. The second-order valence-corrected chi connectivity index (χ2v) is 4.08. The molecule has 0 bridgehead atoms. The van der Waals surface area contributed by atoms with Crippen molar-refractivity contribution in [2.24, 2.45) is 17.4 Å². The lowest BCUT2D eigenvalue weighted by molar-refractivity contribution is -0.118. The summed E-state index contributed by atoms with van der Waals surface area (Å²) in [5.74, 6) is -0.993. The highest BCUT2D eigenvalue weighted by molar-refractivity contribution is 5.95. The number of nitrogens with two attached hydrogens (primary N) is 2. The Balaban J connectivity index is 2.80. The van der Waals surface area contributed by atoms with E-state index in [0.29, 0.717) is 12.0 Å². The van der Waals surface area contributed by atoms with Gasteiger partial charge in [0.2, 0.25) is 0 Å². The quantitative estimate of drug-likeness (QED) is 0.353. The van der Waals surface area contributed by atoms with Gasteiger partial charge in [0.15, 0.2) is 17.3 Å². The average Bonchev–Trinajstić information content (AvgIpc) is 2.31. The molecular weight excluding hydrogens is 232 g/mol. The maximum atomic E-state index is 11.8. The lowest BCUT2D eigenvalue weighted by Crippen LogP contribution is -2.41. The molecule has 0 heterocycles. The zero-order valence-electron chi connectivity index (χ0n) is 10.2. The first-order valence-corrected chi connectivity index (χ1v) is 5.70. The smallest absolute Gasteiger partial charge is 0.161 e. The number of phenolic OH excluding ortho intramolecular Hbond substituents is 2. The van der Waals surface area contributed by atoms with Crippen LogP contribution in [0, 0.1) is 5.92 Å². The summed E-state index contributed by atoms with van der Waals surface area (Å²) in [4.78, 5) is 11.8. The van der Waals surface area contributed by atoms with Crippen molar-refractivity contribution in [2.45, 2.75) is 19.5 Å². The molecule has 0 radical (unpaired) electrons. The van der Waals surface area contributed by atoms with Gasteiger partial charge in [-0.05, 0) is 30.2 Å². The normalized spacial score (nSPS) is 13.1. The van der Waals surface area contributed by atoms with Crippen molar-refractivity contribution in [3.05, 3.63) is 29.8 Å². The Labute approximate surface area is 106 Å². The van der Waals surface area contributed by atoms with Crippen molar-refractivity contribution in [3.8, 4) is 11.5 Å². The van der Waals surface area contributed by atoms with Crippen LogP contribution in [0.1, 0.15) is 18.9 Å². The zero-order chi connectivity index (χ0) is 13.7. The van der Waals surface area contributed by atoms with Crippen LogP contribution >= 0.6 is 0 Å². The van der Waals surface area contributed by atoms with Crippen molar-refractivity contribution in [1.82, 2.24) is 0 Å². The molecule has 1 rings (SSSR count). The predicted octanol–water partition coefficient (Wildman–Crippen LogP) is 0.950. The second kappa shape index (κ2) is 6.18. The Morgan fingerprint density at radius 2 is 2.00 bits per heavy atom. The Kier molecular flexibility index (Phi) is 4.88. The summed E-state index contributed by atoms with van der Waals surface area (Å²) in [5.41, 5.74) is 11.6. The highest BCUT2D eigenvalue weighted by Gasteiger charge is 2.18. The first-order chi connectivity index (χ1) is 8.45. The van der Waals surface area contributed by atoms with Gasteiger partial charge in [0.1, 0.15) is 0 Å². The number of carbonyl (C=O) groups excluding carboxylic acids is 1. The molecule has 0 amide bonds. The van der Waals surface area contributed by atoms with Gasteiger partial charge >= 0.3 is 0 Å². The molecule has 5 nitrogen and oxygen atoms in total. The number of ketones is 1. The van der Waals surface area contributed by atoms with Crippen LogP contribution in [0.5, 0.6) is 11.5 Å². The fraction of sp³-hybridized carbons (Fsp3) is 0.308. The highest BCUT2D eigenvalue weighted by atomic mass is 16.3. The Morgan fingerprint density at radius 1 is 1.33 bits per heavy atom. The van der Waals surface area contributed by atoms with Gasteiger partial charge in [0, 0.05) is 5.92 Å². The Morgan fingerprint density at radius 3 is 2.50 bits per heavy atom. The van der Waals surface area contributed by atoms with E-state index in [-0.39, 0.29) is 17.3 Å². The molecule has 0 spiro atoms. The molecule has 1 unspecified atom stereocenters. The van der Waals surface area contributed by atoms with E-state index in [4.69, 9.17) is 16.6 Å². The van der Waals surface area contributed by atoms with Gasteiger partial charge in [-0.2, -0.15) is 0 Å². The van der Waals surface area contributed by atoms with E-state index in [1.165, 1.54) is 18.2 Å². The van der Waals surface area contributed by atoms with Crippen LogP contribution < -0.4 is 11.5 Å². The van der Waals surface area contributed by atoms with Crippen LogP contribution in [-0.2, 0) is 4.79 Å². The molecule has 1 aromatic rings. The third-order valence-corrected chi connectivity index (χ3v) is 2.71. The number of rotatable bonds is 5. The molecule has 5 heteroatoms. The van der Waals surface area contributed by atoms with E-state index >= 15 is 0 Å². The van der Waals surface area contributed by atoms with Crippen molar-refractivity contribution in [2.75, 3.05) is 0 Å². The number of hydrogen-bond donors (Lipinski definition) is 4. The van der Waals surface area contributed by atoms with Crippen LogP contribution in [0.3, 0.4) is 0 Å². The summed E-state index contributed by atoms with van der Waals surface area (Å²) in [7, 11) is 0. The van der Waals surface area contributed by atoms with Gasteiger partial charge in [-0.25, -0.2) is 0 Å². The maximum absolute atomic E-state index is 11.8. The molecule has 0 aliphatic heterocycles. The topological polar surface area (TPSA) is 110 Å².